The van der Waals surface area contributed by atoms with E-state index in [0.717, 1.165) is 5.56 Å². The minimum absolute atomic E-state index is 0.0914. The fourth-order valence-electron chi connectivity index (χ4n) is 2.00. The van der Waals surface area contributed by atoms with Gasteiger partial charge >= 0.3 is 5.97 Å². The molecule has 0 aromatic heterocycles. The Labute approximate surface area is 136 Å². The molecule has 23 heavy (non-hydrogen) atoms. The van der Waals surface area contributed by atoms with Gasteiger partial charge in [0.2, 0.25) is 5.91 Å². The zero-order valence-electron chi connectivity index (χ0n) is 13.4. The Morgan fingerprint density at radius 3 is 2.26 bits per heavy atom. The highest BCUT2D eigenvalue weighted by Gasteiger charge is 2.09. The smallest absolute Gasteiger partial charge is 0.338 e. The molecule has 2 aromatic carbocycles. The van der Waals surface area contributed by atoms with Crippen LogP contribution in [-0.4, -0.2) is 18.5 Å². The molecule has 0 aliphatic rings. The number of benzene rings is 2. The van der Waals surface area contributed by atoms with Crippen LogP contribution in [0, 0.1) is 5.92 Å². The van der Waals surface area contributed by atoms with Crippen molar-refractivity contribution in [2.45, 2.75) is 20.3 Å². The van der Waals surface area contributed by atoms with E-state index in [1.807, 2.05) is 44.2 Å². The largest absolute Gasteiger partial charge is 0.462 e. The highest BCUT2D eigenvalue weighted by Crippen LogP contribution is 2.12. The Kier molecular flexibility index (Phi) is 5.92. The molecule has 0 fully saturated rings. The second-order valence-electron chi connectivity index (χ2n) is 5.78. The van der Waals surface area contributed by atoms with Crippen LogP contribution >= 0.6 is 0 Å². The highest BCUT2D eigenvalue weighted by molar-refractivity contribution is 5.94. The molecule has 0 heterocycles. The van der Waals surface area contributed by atoms with Gasteiger partial charge in [0.05, 0.1) is 18.6 Å². The summed E-state index contributed by atoms with van der Waals surface area (Å²) < 4.78 is 5.16. The van der Waals surface area contributed by atoms with E-state index in [1.165, 1.54) is 0 Å². The van der Waals surface area contributed by atoms with Crippen molar-refractivity contribution in [1.82, 2.24) is 0 Å². The molecule has 0 spiro atoms. The summed E-state index contributed by atoms with van der Waals surface area (Å²) in [4.78, 5) is 23.8. The van der Waals surface area contributed by atoms with Crippen molar-refractivity contribution in [2.75, 3.05) is 11.9 Å². The van der Waals surface area contributed by atoms with E-state index >= 15 is 0 Å². The minimum Gasteiger partial charge on any atom is -0.462 e. The van der Waals surface area contributed by atoms with Gasteiger partial charge in [0.1, 0.15) is 0 Å². The zero-order chi connectivity index (χ0) is 16.7. The second-order valence-corrected chi connectivity index (χ2v) is 5.78. The van der Waals surface area contributed by atoms with Crippen molar-refractivity contribution in [3.8, 4) is 0 Å². The SMILES string of the molecule is CC(C)COC(=O)c1ccc(NC(=O)Cc2ccccc2)cc1. The summed E-state index contributed by atoms with van der Waals surface area (Å²) in [6, 6.07) is 16.3. The average Bonchev–Trinajstić information content (AvgIpc) is 2.54. The van der Waals surface area contributed by atoms with Crippen LogP contribution in [0.25, 0.3) is 0 Å². The molecule has 120 valence electrons. The van der Waals surface area contributed by atoms with Gasteiger partial charge in [-0.2, -0.15) is 0 Å². The first-order valence-corrected chi connectivity index (χ1v) is 7.65. The van der Waals surface area contributed by atoms with Crippen LogP contribution in [0.1, 0.15) is 29.8 Å². The number of carbonyl (C=O) groups excluding carboxylic acids is 2. The predicted molar refractivity (Wildman–Crippen MR) is 90.3 cm³/mol. The number of hydrogen-bond acceptors (Lipinski definition) is 3. The Morgan fingerprint density at radius 2 is 1.65 bits per heavy atom. The van der Waals surface area contributed by atoms with Crippen LogP contribution < -0.4 is 5.32 Å². The van der Waals surface area contributed by atoms with Gasteiger partial charge in [-0.3, -0.25) is 4.79 Å². The lowest BCUT2D eigenvalue weighted by molar-refractivity contribution is -0.115. The van der Waals surface area contributed by atoms with Crippen molar-refractivity contribution in [3.63, 3.8) is 0 Å². The number of amides is 1. The molecule has 0 saturated carbocycles. The molecule has 0 aliphatic carbocycles. The average molecular weight is 311 g/mol. The van der Waals surface area contributed by atoms with Crippen molar-refractivity contribution in [3.05, 3.63) is 65.7 Å². The van der Waals surface area contributed by atoms with Gasteiger partial charge in [0.15, 0.2) is 0 Å². The van der Waals surface area contributed by atoms with E-state index in [-0.39, 0.29) is 11.9 Å². The fraction of sp³-hybridized carbons (Fsp3) is 0.263. The molecular weight excluding hydrogens is 290 g/mol. The lowest BCUT2D eigenvalue weighted by atomic mass is 10.1. The van der Waals surface area contributed by atoms with Crippen LogP contribution in [0.2, 0.25) is 0 Å². The van der Waals surface area contributed by atoms with Crippen LogP contribution in [0.4, 0.5) is 5.69 Å². The van der Waals surface area contributed by atoms with E-state index in [9.17, 15) is 9.59 Å². The van der Waals surface area contributed by atoms with E-state index in [1.54, 1.807) is 24.3 Å². The number of esters is 1. The van der Waals surface area contributed by atoms with E-state index in [2.05, 4.69) is 5.32 Å². The summed E-state index contributed by atoms with van der Waals surface area (Å²) in [6.07, 6.45) is 0.318. The monoisotopic (exact) mass is 311 g/mol. The molecule has 0 unspecified atom stereocenters. The Morgan fingerprint density at radius 1 is 1.00 bits per heavy atom. The first-order valence-electron chi connectivity index (χ1n) is 7.65. The maximum Gasteiger partial charge on any atom is 0.338 e. The van der Waals surface area contributed by atoms with Crippen LogP contribution in [0.5, 0.6) is 0 Å². The number of hydrogen-bond donors (Lipinski definition) is 1. The summed E-state index contributed by atoms with van der Waals surface area (Å²) in [6.45, 7) is 4.37. The van der Waals surface area contributed by atoms with Gasteiger partial charge in [-0.25, -0.2) is 4.79 Å². The molecule has 0 bridgehead atoms. The topological polar surface area (TPSA) is 55.4 Å². The number of anilines is 1. The molecule has 0 atom stereocenters. The van der Waals surface area contributed by atoms with Crippen molar-refractivity contribution in [1.29, 1.82) is 0 Å². The van der Waals surface area contributed by atoms with Crippen LogP contribution in [-0.2, 0) is 16.0 Å². The van der Waals surface area contributed by atoms with Gasteiger partial charge in [0.25, 0.3) is 0 Å². The summed E-state index contributed by atoms with van der Waals surface area (Å²) in [5.74, 6) is -0.136. The van der Waals surface area contributed by atoms with Gasteiger partial charge in [-0.1, -0.05) is 44.2 Å². The molecule has 4 nitrogen and oxygen atoms in total. The number of nitrogens with one attached hydrogen (secondary N) is 1. The first kappa shape index (κ1) is 16.7. The van der Waals surface area contributed by atoms with Gasteiger partial charge in [-0.15, -0.1) is 0 Å². The molecule has 2 aromatic rings. The third-order valence-corrected chi connectivity index (χ3v) is 3.16. The molecule has 0 saturated heterocycles. The Hall–Kier alpha value is -2.62. The predicted octanol–water partition coefficient (Wildman–Crippen LogP) is 3.68. The second kappa shape index (κ2) is 8.13. The summed E-state index contributed by atoms with van der Waals surface area (Å²) >= 11 is 0. The fourth-order valence-corrected chi connectivity index (χ4v) is 2.00. The number of rotatable bonds is 6. The standard InChI is InChI=1S/C19H21NO3/c1-14(2)13-23-19(22)16-8-10-17(11-9-16)20-18(21)12-15-6-4-3-5-7-15/h3-11,14H,12-13H2,1-2H3,(H,20,21). The minimum atomic E-state index is -0.346. The molecule has 4 heteroatoms. The molecule has 2 rings (SSSR count). The number of carbonyl (C=O) groups is 2. The van der Waals surface area contributed by atoms with Crippen molar-refractivity contribution >= 4 is 17.6 Å². The lowest BCUT2D eigenvalue weighted by Gasteiger charge is -2.08. The maximum absolute atomic E-state index is 12.0. The summed E-state index contributed by atoms with van der Waals surface area (Å²) in [7, 11) is 0. The van der Waals surface area contributed by atoms with Crippen molar-refractivity contribution in [2.24, 2.45) is 5.92 Å². The van der Waals surface area contributed by atoms with E-state index in [4.69, 9.17) is 4.74 Å². The Bertz CT molecular complexity index is 648. The molecule has 0 radical (unpaired) electrons. The third-order valence-electron chi connectivity index (χ3n) is 3.16. The molecule has 1 amide bonds. The quantitative estimate of drug-likeness (QED) is 0.828. The van der Waals surface area contributed by atoms with Gasteiger partial charge in [-0.05, 0) is 35.7 Å². The molecular formula is C19H21NO3. The maximum atomic E-state index is 12.0. The first-order chi connectivity index (χ1) is 11.0. The highest BCUT2D eigenvalue weighted by atomic mass is 16.5. The number of ether oxygens (including phenoxy) is 1. The zero-order valence-corrected chi connectivity index (χ0v) is 13.4. The lowest BCUT2D eigenvalue weighted by Crippen LogP contribution is -2.14. The Balaban J connectivity index is 1.89. The normalized spacial score (nSPS) is 10.4. The van der Waals surface area contributed by atoms with E-state index in [0.29, 0.717) is 30.2 Å². The van der Waals surface area contributed by atoms with Crippen molar-refractivity contribution < 1.29 is 14.3 Å². The third kappa shape index (κ3) is 5.58. The van der Waals surface area contributed by atoms with Gasteiger partial charge in [0, 0.05) is 5.69 Å². The molecule has 1 N–H and O–H groups in total. The van der Waals surface area contributed by atoms with Crippen LogP contribution in [0.15, 0.2) is 54.6 Å². The summed E-state index contributed by atoms with van der Waals surface area (Å²) in [5, 5.41) is 2.82. The summed E-state index contributed by atoms with van der Waals surface area (Å²) in [5.41, 5.74) is 2.09. The van der Waals surface area contributed by atoms with Gasteiger partial charge < -0.3 is 10.1 Å². The van der Waals surface area contributed by atoms with E-state index < -0.39 is 0 Å². The van der Waals surface area contributed by atoms with Crippen LogP contribution in [0.3, 0.4) is 0 Å². The molecule has 0 aliphatic heterocycles.